The minimum absolute atomic E-state index is 0.129. The van der Waals surface area contributed by atoms with E-state index in [1.54, 1.807) is 0 Å². The number of nitrogens with one attached hydrogen (secondary N) is 1. The van der Waals surface area contributed by atoms with Crippen LogP contribution in [0.3, 0.4) is 0 Å². The Kier molecular flexibility index (Phi) is 6.23. The Morgan fingerprint density at radius 2 is 1.83 bits per heavy atom. The molecule has 2 amide bonds. The standard InChI is InChI=1S/C29H28ClN3O2S/c1-2-35-22-15-13-21(14-16-22)31-29(34)33-18-24-23-6-3-4-8-26(23)36-28(24)32-17-5-7-25(32)27(33)19-9-11-20(30)12-10-19/h5,7,9-17,27H,2-4,6,8,18H2,1H3,(H,31,34). The highest BCUT2D eigenvalue weighted by Crippen LogP contribution is 2.44. The third kappa shape index (κ3) is 4.18. The van der Waals surface area contributed by atoms with Gasteiger partial charge in [0.05, 0.1) is 24.9 Å². The second-order valence-corrected chi connectivity index (χ2v) is 10.8. The van der Waals surface area contributed by atoms with Gasteiger partial charge in [-0.2, -0.15) is 0 Å². The van der Waals surface area contributed by atoms with Gasteiger partial charge in [-0.25, -0.2) is 4.79 Å². The maximum absolute atomic E-state index is 14.0. The quantitative estimate of drug-likeness (QED) is 0.303. The van der Waals surface area contributed by atoms with Crippen molar-refractivity contribution < 1.29 is 9.53 Å². The number of rotatable bonds is 4. The molecule has 184 valence electrons. The molecule has 2 aromatic heterocycles. The molecule has 36 heavy (non-hydrogen) atoms. The van der Waals surface area contributed by atoms with E-state index in [0.29, 0.717) is 18.2 Å². The van der Waals surface area contributed by atoms with Crippen LogP contribution in [0.25, 0.3) is 5.00 Å². The maximum Gasteiger partial charge on any atom is 0.322 e. The van der Waals surface area contributed by atoms with Crippen molar-refractivity contribution in [2.45, 2.75) is 45.2 Å². The molecule has 1 aliphatic heterocycles. The van der Waals surface area contributed by atoms with Gasteiger partial charge >= 0.3 is 6.03 Å². The second-order valence-electron chi connectivity index (χ2n) is 9.27. The van der Waals surface area contributed by atoms with Gasteiger partial charge in [0.15, 0.2) is 0 Å². The lowest BCUT2D eigenvalue weighted by atomic mass is 9.95. The van der Waals surface area contributed by atoms with Crippen LogP contribution in [0.5, 0.6) is 5.75 Å². The Morgan fingerprint density at radius 1 is 1.06 bits per heavy atom. The van der Waals surface area contributed by atoms with E-state index in [2.05, 4.69) is 28.2 Å². The van der Waals surface area contributed by atoms with E-state index in [0.717, 1.165) is 35.5 Å². The minimum Gasteiger partial charge on any atom is -0.494 e. The molecule has 0 saturated heterocycles. The Balaban J connectivity index is 1.43. The number of urea groups is 1. The average Bonchev–Trinajstić information content (AvgIpc) is 3.48. The Bertz CT molecular complexity index is 1390. The van der Waals surface area contributed by atoms with E-state index in [-0.39, 0.29) is 12.1 Å². The third-order valence-corrected chi connectivity index (χ3v) is 8.63. The molecule has 6 rings (SSSR count). The number of carbonyl (C=O) groups is 1. The smallest absolute Gasteiger partial charge is 0.322 e. The monoisotopic (exact) mass is 517 g/mol. The van der Waals surface area contributed by atoms with Crippen LogP contribution in [-0.2, 0) is 19.4 Å². The van der Waals surface area contributed by atoms with Gasteiger partial charge in [0.2, 0.25) is 0 Å². The van der Waals surface area contributed by atoms with Crippen LogP contribution in [-0.4, -0.2) is 22.1 Å². The molecule has 0 radical (unpaired) electrons. The molecule has 5 nitrogen and oxygen atoms in total. The van der Waals surface area contributed by atoms with Crippen LogP contribution in [0.15, 0.2) is 66.9 Å². The number of halogens is 1. The van der Waals surface area contributed by atoms with Crippen LogP contribution in [0.4, 0.5) is 10.5 Å². The van der Waals surface area contributed by atoms with Crippen molar-refractivity contribution in [1.29, 1.82) is 0 Å². The SMILES string of the molecule is CCOc1ccc(NC(=O)N2Cc3c(sc4c3CCCC4)-n3cccc3C2c2ccc(Cl)cc2)cc1. The molecule has 7 heteroatoms. The summed E-state index contributed by atoms with van der Waals surface area (Å²) in [5.41, 5.74) is 5.58. The molecule has 2 aromatic carbocycles. The summed E-state index contributed by atoms with van der Waals surface area (Å²) in [5.74, 6) is 0.789. The largest absolute Gasteiger partial charge is 0.494 e. The van der Waals surface area contributed by atoms with Gasteiger partial charge in [0.1, 0.15) is 10.8 Å². The fraction of sp³-hybridized carbons (Fsp3) is 0.276. The minimum atomic E-state index is -0.251. The molecule has 2 aliphatic rings. The van der Waals surface area contributed by atoms with E-state index in [1.165, 1.54) is 33.8 Å². The molecule has 0 bridgehead atoms. The zero-order valence-electron chi connectivity index (χ0n) is 20.2. The number of anilines is 1. The first-order valence-electron chi connectivity index (χ1n) is 12.5. The van der Waals surface area contributed by atoms with Crippen LogP contribution in [0, 0.1) is 0 Å². The van der Waals surface area contributed by atoms with Gasteiger partial charge in [-0.15, -0.1) is 11.3 Å². The van der Waals surface area contributed by atoms with Crippen LogP contribution < -0.4 is 10.1 Å². The summed E-state index contributed by atoms with van der Waals surface area (Å²) in [6.45, 7) is 3.12. The number of hydrogen-bond acceptors (Lipinski definition) is 3. The van der Waals surface area contributed by atoms with Crippen molar-refractivity contribution in [3.8, 4) is 10.8 Å². The normalized spacial score (nSPS) is 16.5. The molecule has 1 aliphatic carbocycles. The number of fused-ring (bicyclic) bond motifs is 5. The lowest BCUT2D eigenvalue weighted by Crippen LogP contribution is -2.38. The summed E-state index contributed by atoms with van der Waals surface area (Å²) >= 11 is 8.12. The maximum atomic E-state index is 14.0. The van der Waals surface area contributed by atoms with Crippen molar-refractivity contribution in [3.63, 3.8) is 0 Å². The van der Waals surface area contributed by atoms with Gasteiger partial charge in [-0.3, -0.25) is 0 Å². The van der Waals surface area contributed by atoms with Crippen molar-refractivity contribution in [2.75, 3.05) is 11.9 Å². The van der Waals surface area contributed by atoms with Gasteiger partial charge in [0.25, 0.3) is 0 Å². The summed E-state index contributed by atoms with van der Waals surface area (Å²) in [4.78, 5) is 17.4. The zero-order valence-corrected chi connectivity index (χ0v) is 21.7. The van der Waals surface area contributed by atoms with Crippen LogP contribution in [0.1, 0.15) is 53.1 Å². The molecule has 1 atom stereocenters. The van der Waals surface area contributed by atoms with Crippen molar-refractivity contribution >= 4 is 34.7 Å². The molecule has 0 saturated carbocycles. The number of aromatic nitrogens is 1. The summed E-state index contributed by atoms with van der Waals surface area (Å²) < 4.78 is 7.85. The van der Waals surface area contributed by atoms with E-state index in [9.17, 15) is 4.79 Å². The first-order chi connectivity index (χ1) is 17.6. The number of thiophene rings is 1. The van der Waals surface area contributed by atoms with E-state index in [4.69, 9.17) is 16.3 Å². The number of nitrogens with zero attached hydrogens (tertiary/aromatic N) is 2. The molecule has 1 unspecified atom stereocenters. The lowest BCUT2D eigenvalue weighted by Gasteiger charge is -2.31. The van der Waals surface area contributed by atoms with Crippen molar-refractivity contribution in [2.24, 2.45) is 0 Å². The first-order valence-corrected chi connectivity index (χ1v) is 13.7. The first kappa shape index (κ1) is 23.2. The van der Waals surface area contributed by atoms with Crippen LogP contribution in [0.2, 0.25) is 5.02 Å². The molecule has 1 N–H and O–H groups in total. The summed E-state index contributed by atoms with van der Waals surface area (Å²) in [6, 6.07) is 19.2. The van der Waals surface area contributed by atoms with Gasteiger partial charge in [-0.1, -0.05) is 23.7 Å². The predicted molar refractivity (Wildman–Crippen MR) is 146 cm³/mol. The molecule has 3 heterocycles. The summed E-state index contributed by atoms with van der Waals surface area (Å²) in [5, 5.41) is 5.07. The van der Waals surface area contributed by atoms with E-state index >= 15 is 0 Å². The fourth-order valence-corrected chi connectivity index (χ4v) is 6.91. The number of carbonyl (C=O) groups excluding carboxylic acids is 1. The summed E-state index contributed by atoms with van der Waals surface area (Å²) in [6.07, 6.45) is 6.78. The number of aryl methyl sites for hydroxylation is 1. The third-order valence-electron chi connectivity index (χ3n) is 7.04. The van der Waals surface area contributed by atoms with E-state index in [1.807, 2.05) is 71.7 Å². The lowest BCUT2D eigenvalue weighted by molar-refractivity contribution is 0.194. The van der Waals surface area contributed by atoms with Crippen molar-refractivity contribution in [3.05, 3.63) is 99.1 Å². The molecular formula is C29H28ClN3O2S. The highest BCUT2D eigenvalue weighted by Gasteiger charge is 2.36. The highest BCUT2D eigenvalue weighted by molar-refractivity contribution is 7.15. The molecule has 0 spiro atoms. The van der Waals surface area contributed by atoms with Gasteiger partial charge in [0, 0.05) is 27.3 Å². The summed E-state index contributed by atoms with van der Waals surface area (Å²) in [7, 11) is 0. The van der Waals surface area contributed by atoms with Crippen LogP contribution >= 0.6 is 22.9 Å². The average molecular weight is 518 g/mol. The second kappa shape index (κ2) is 9.68. The Hall–Kier alpha value is -3.22. The molecule has 4 aromatic rings. The highest BCUT2D eigenvalue weighted by atomic mass is 35.5. The van der Waals surface area contributed by atoms with E-state index < -0.39 is 0 Å². The van der Waals surface area contributed by atoms with Crippen molar-refractivity contribution in [1.82, 2.24) is 9.47 Å². The number of benzene rings is 2. The van der Waals surface area contributed by atoms with Gasteiger partial charge in [-0.05, 0) is 92.3 Å². The number of hydrogen-bond donors (Lipinski definition) is 1. The molecule has 0 fully saturated rings. The number of ether oxygens (including phenoxy) is 1. The zero-order chi connectivity index (χ0) is 24.6. The Morgan fingerprint density at radius 3 is 2.61 bits per heavy atom. The Labute approximate surface area is 220 Å². The predicted octanol–water partition coefficient (Wildman–Crippen LogP) is 7.61. The molecular weight excluding hydrogens is 490 g/mol. The fourth-order valence-electron chi connectivity index (χ4n) is 5.38. The number of amides is 2. The van der Waals surface area contributed by atoms with Gasteiger partial charge < -0.3 is 19.5 Å². The topological polar surface area (TPSA) is 46.5 Å².